The number of hydrogen-bond donors (Lipinski definition) is 1. The summed E-state index contributed by atoms with van der Waals surface area (Å²) in [5, 5.41) is 3.63. The molecule has 0 saturated carbocycles. The van der Waals surface area contributed by atoms with Crippen molar-refractivity contribution in [2.24, 2.45) is 5.92 Å². The van der Waals surface area contributed by atoms with Crippen molar-refractivity contribution in [3.63, 3.8) is 0 Å². The van der Waals surface area contributed by atoms with Crippen LogP contribution in [0.4, 0.5) is 0 Å². The SMILES string of the molecule is CSc1ncccc1C(=O)N1CCC(CNC(C)=O)CC1. The van der Waals surface area contributed by atoms with Gasteiger partial charge in [0.15, 0.2) is 0 Å². The summed E-state index contributed by atoms with van der Waals surface area (Å²) in [6.45, 7) is 3.73. The largest absolute Gasteiger partial charge is 0.356 e. The van der Waals surface area contributed by atoms with Crippen molar-refractivity contribution in [1.29, 1.82) is 0 Å². The molecular weight excluding hydrogens is 286 g/mol. The Bertz CT molecular complexity index is 513. The minimum Gasteiger partial charge on any atom is -0.356 e. The van der Waals surface area contributed by atoms with Crippen LogP contribution in [0.2, 0.25) is 0 Å². The number of carbonyl (C=O) groups is 2. The number of rotatable bonds is 4. The van der Waals surface area contributed by atoms with Crippen molar-refractivity contribution < 1.29 is 9.59 Å². The highest BCUT2D eigenvalue weighted by atomic mass is 32.2. The summed E-state index contributed by atoms with van der Waals surface area (Å²) in [6.07, 6.45) is 5.50. The number of carbonyl (C=O) groups excluding carboxylic acids is 2. The lowest BCUT2D eigenvalue weighted by Gasteiger charge is -2.32. The summed E-state index contributed by atoms with van der Waals surface area (Å²) in [6, 6.07) is 3.64. The molecule has 2 heterocycles. The Morgan fingerprint density at radius 3 is 2.76 bits per heavy atom. The first-order valence-electron chi connectivity index (χ1n) is 7.14. The smallest absolute Gasteiger partial charge is 0.256 e. The summed E-state index contributed by atoms with van der Waals surface area (Å²) < 4.78 is 0. The average Bonchev–Trinajstić information content (AvgIpc) is 2.52. The first-order chi connectivity index (χ1) is 10.1. The Morgan fingerprint density at radius 1 is 1.43 bits per heavy atom. The molecule has 0 unspecified atom stereocenters. The lowest BCUT2D eigenvalue weighted by atomic mass is 9.96. The second kappa shape index (κ2) is 7.45. The van der Waals surface area contributed by atoms with E-state index in [4.69, 9.17) is 0 Å². The lowest BCUT2D eigenvalue weighted by Crippen LogP contribution is -2.41. The molecule has 1 fully saturated rings. The maximum atomic E-state index is 12.6. The third kappa shape index (κ3) is 4.20. The average molecular weight is 307 g/mol. The molecule has 5 nitrogen and oxygen atoms in total. The van der Waals surface area contributed by atoms with Crippen molar-refractivity contribution in [3.05, 3.63) is 23.9 Å². The summed E-state index contributed by atoms with van der Waals surface area (Å²) in [5.74, 6) is 0.533. The molecule has 0 aliphatic carbocycles. The van der Waals surface area contributed by atoms with Crippen LogP contribution >= 0.6 is 11.8 Å². The molecule has 1 saturated heterocycles. The van der Waals surface area contributed by atoms with Crippen LogP contribution in [-0.2, 0) is 4.79 Å². The maximum absolute atomic E-state index is 12.6. The van der Waals surface area contributed by atoms with Gasteiger partial charge in [0, 0.05) is 32.8 Å². The summed E-state index contributed by atoms with van der Waals surface area (Å²) >= 11 is 1.49. The molecule has 0 aromatic carbocycles. The van der Waals surface area contributed by atoms with Gasteiger partial charge >= 0.3 is 0 Å². The van der Waals surface area contributed by atoms with E-state index >= 15 is 0 Å². The molecular formula is C15H21N3O2S. The molecule has 6 heteroatoms. The second-order valence-electron chi connectivity index (χ2n) is 5.23. The first-order valence-corrected chi connectivity index (χ1v) is 8.37. The molecule has 114 valence electrons. The van der Waals surface area contributed by atoms with E-state index in [-0.39, 0.29) is 11.8 Å². The highest BCUT2D eigenvalue weighted by Gasteiger charge is 2.25. The van der Waals surface area contributed by atoms with E-state index in [9.17, 15) is 9.59 Å². The van der Waals surface area contributed by atoms with Gasteiger partial charge < -0.3 is 10.2 Å². The molecule has 1 N–H and O–H groups in total. The lowest BCUT2D eigenvalue weighted by molar-refractivity contribution is -0.119. The molecule has 0 bridgehead atoms. The van der Waals surface area contributed by atoms with Crippen molar-refractivity contribution in [3.8, 4) is 0 Å². The second-order valence-corrected chi connectivity index (χ2v) is 6.03. The number of nitrogens with one attached hydrogen (secondary N) is 1. The fraction of sp³-hybridized carbons (Fsp3) is 0.533. The van der Waals surface area contributed by atoms with Crippen molar-refractivity contribution >= 4 is 23.6 Å². The maximum Gasteiger partial charge on any atom is 0.256 e. The van der Waals surface area contributed by atoms with Crippen molar-refractivity contribution in [2.75, 3.05) is 25.9 Å². The van der Waals surface area contributed by atoms with Gasteiger partial charge in [0.2, 0.25) is 5.91 Å². The molecule has 1 aromatic heterocycles. The van der Waals surface area contributed by atoms with Gasteiger partial charge in [-0.2, -0.15) is 0 Å². The fourth-order valence-electron chi connectivity index (χ4n) is 2.51. The topological polar surface area (TPSA) is 62.3 Å². The number of hydrogen-bond acceptors (Lipinski definition) is 4. The van der Waals surface area contributed by atoms with Crippen molar-refractivity contribution in [2.45, 2.75) is 24.8 Å². The number of piperidine rings is 1. The van der Waals surface area contributed by atoms with Gasteiger partial charge in [-0.05, 0) is 37.1 Å². The monoisotopic (exact) mass is 307 g/mol. The van der Waals surface area contributed by atoms with Gasteiger partial charge in [-0.3, -0.25) is 9.59 Å². The number of likely N-dealkylation sites (tertiary alicyclic amines) is 1. The predicted octanol–water partition coefficient (Wildman–Crippen LogP) is 1.79. The van der Waals surface area contributed by atoms with Crippen molar-refractivity contribution in [1.82, 2.24) is 15.2 Å². The zero-order chi connectivity index (χ0) is 15.2. The van der Waals surface area contributed by atoms with Crippen LogP contribution < -0.4 is 5.32 Å². The molecule has 2 amide bonds. The number of amides is 2. The molecule has 1 aliphatic rings. The van der Waals surface area contributed by atoms with Crippen LogP contribution in [0.1, 0.15) is 30.1 Å². The van der Waals surface area contributed by atoms with E-state index in [1.54, 1.807) is 12.3 Å². The Hall–Kier alpha value is -1.56. The van der Waals surface area contributed by atoms with Gasteiger partial charge in [-0.15, -0.1) is 11.8 Å². The van der Waals surface area contributed by atoms with Crippen LogP contribution in [-0.4, -0.2) is 47.6 Å². The first kappa shape index (κ1) is 15.8. The molecule has 1 aromatic rings. The third-order valence-electron chi connectivity index (χ3n) is 3.74. The van der Waals surface area contributed by atoms with Gasteiger partial charge in [0.1, 0.15) is 5.03 Å². The molecule has 0 radical (unpaired) electrons. The molecule has 2 rings (SSSR count). The van der Waals surface area contributed by atoms with E-state index < -0.39 is 0 Å². The van der Waals surface area contributed by atoms with E-state index in [0.29, 0.717) is 18.0 Å². The van der Waals surface area contributed by atoms with Crippen LogP contribution in [0.3, 0.4) is 0 Å². The van der Waals surface area contributed by atoms with E-state index in [1.165, 1.54) is 18.7 Å². The zero-order valence-electron chi connectivity index (χ0n) is 12.5. The minimum atomic E-state index is 0.00785. The summed E-state index contributed by atoms with van der Waals surface area (Å²) in [7, 11) is 0. The Kier molecular flexibility index (Phi) is 5.61. The van der Waals surface area contributed by atoms with Gasteiger partial charge in [0.05, 0.1) is 5.56 Å². The van der Waals surface area contributed by atoms with E-state index in [1.807, 2.05) is 17.2 Å². The van der Waals surface area contributed by atoms with E-state index in [0.717, 1.165) is 31.0 Å². The van der Waals surface area contributed by atoms with Gasteiger partial charge in [-0.1, -0.05) is 0 Å². The number of thioether (sulfide) groups is 1. The number of nitrogens with zero attached hydrogens (tertiary/aromatic N) is 2. The van der Waals surface area contributed by atoms with E-state index in [2.05, 4.69) is 10.3 Å². The molecule has 0 atom stereocenters. The predicted molar refractivity (Wildman–Crippen MR) is 83.3 cm³/mol. The standard InChI is InChI=1S/C15H21N3O2S/c1-11(19)17-10-12-5-8-18(9-6-12)15(20)13-4-3-7-16-14(13)21-2/h3-4,7,12H,5-6,8-10H2,1-2H3,(H,17,19). The number of pyridine rings is 1. The molecule has 21 heavy (non-hydrogen) atoms. The van der Waals surface area contributed by atoms with Gasteiger partial charge in [0.25, 0.3) is 5.91 Å². The Labute approximate surface area is 129 Å². The van der Waals surface area contributed by atoms with Crippen LogP contribution in [0, 0.1) is 5.92 Å². The Balaban J connectivity index is 1.92. The fourth-order valence-corrected chi connectivity index (χ4v) is 3.06. The highest BCUT2D eigenvalue weighted by Crippen LogP contribution is 2.22. The normalized spacial score (nSPS) is 15.8. The Morgan fingerprint density at radius 2 is 2.14 bits per heavy atom. The summed E-state index contributed by atoms with van der Waals surface area (Å²) in [4.78, 5) is 29.6. The highest BCUT2D eigenvalue weighted by molar-refractivity contribution is 7.98. The third-order valence-corrected chi connectivity index (χ3v) is 4.45. The minimum absolute atomic E-state index is 0.00785. The van der Waals surface area contributed by atoms with Crippen LogP contribution in [0.5, 0.6) is 0 Å². The molecule has 1 aliphatic heterocycles. The zero-order valence-corrected chi connectivity index (χ0v) is 13.3. The van der Waals surface area contributed by atoms with Gasteiger partial charge in [-0.25, -0.2) is 4.98 Å². The van der Waals surface area contributed by atoms with Crippen LogP contribution in [0.25, 0.3) is 0 Å². The quantitative estimate of drug-likeness (QED) is 0.862. The molecule has 0 spiro atoms. The summed E-state index contributed by atoms with van der Waals surface area (Å²) in [5.41, 5.74) is 0.685. The van der Waals surface area contributed by atoms with Crippen LogP contribution in [0.15, 0.2) is 23.4 Å². The number of aromatic nitrogens is 1.